The molecule has 1 aromatic rings. The molecule has 104 valence electrons. The average Bonchev–Trinajstić information content (AvgIpc) is 2.82. The third kappa shape index (κ3) is 3.25. The van der Waals surface area contributed by atoms with E-state index in [0.29, 0.717) is 17.2 Å². The molecule has 0 bridgehead atoms. The van der Waals surface area contributed by atoms with Crippen LogP contribution >= 0.6 is 11.6 Å². The van der Waals surface area contributed by atoms with E-state index in [2.05, 4.69) is 0 Å². The van der Waals surface area contributed by atoms with E-state index in [1.165, 1.54) is 0 Å². The third-order valence-corrected chi connectivity index (χ3v) is 5.79. The van der Waals surface area contributed by atoms with Crippen LogP contribution in [0.3, 0.4) is 0 Å². The molecule has 1 saturated heterocycles. The minimum atomic E-state index is -1.23. The monoisotopic (exact) mass is 300 g/mol. The van der Waals surface area contributed by atoms with Crippen LogP contribution in [-0.2, 0) is 15.5 Å². The Balaban J connectivity index is 2.13. The molecule has 0 aliphatic carbocycles. The van der Waals surface area contributed by atoms with Gasteiger partial charge in [-0.15, -0.1) is 0 Å². The van der Waals surface area contributed by atoms with Crippen LogP contribution in [0.2, 0.25) is 5.02 Å². The van der Waals surface area contributed by atoms with Gasteiger partial charge in [0.1, 0.15) is 0 Å². The first-order valence-corrected chi connectivity index (χ1v) is 7.97. The molecule has 1 aliphatic heterocycles. The van der Waals surface area contributed by atoms with E-state index >= 15 is 0 Å². The summed E-state index contributed by atoms with van der Waals surface area (Å²) in [6.07, 6.45) is 0.705. The quantitative estimate of drug-likeness (QED) is 0.803. The number of hydrogen-bond donors (Lipinski definition) is 0. The van der Waals surface area contributed by atoms with Crippen LogP contribution in [0.1, 0.15) is 30.6 Å². The van der Waals surface area contributed by atoms with E-state index in [0.717, 1.165) is 6.42 Å². The predicted octanol–water partition coefficient (Wildman–Crippen LogP) is 2.84. The van der Waals surface area contributed by atoms with Crippen LogP contribution in [0.25, 0.3) is 0 Å². The minimum Gasteiger partial charge on any atom is -0.377 e. The molecular weight excluding hydrogens is 284 g/mol. The minimum absolute atomic E-state index is 0.0459. The second-order valence-electron chi connectivity index (χ2n) is 4.75. The van der Waals surface area contributed by atoms with Gasteiger partial charge in [0.2, 0.25) is 0 Å². The van der Waals surface area contributed by atoms with Crippen molar-refractivity contribution in [1.29, 1.82) is 0 Å². The van der Waals surface area contributed by atoms with Gasteiger partial charge in [0.15, 0.2) is 5.78 Å². The summed E-state index contributed by atoms with van der Waals surface area (Å²) in [6.45, 7) is 4.24. The summed E-state index contributed by atoms with van der Waals surface area (Å²) in [6, 6.07) is 6.77. The molecule has 3 nitrogen and oxygen atoms in total. The first-order valence-electron chi connectivity index (χ1n) is 6.31. The number of carbonyl (C=O) groups excluding carboxylic acids is 1. The molecule has 4 unspecified atom stereocenters. The van der Waals surface area contributed by atoms with E-state index in [-0.39, 0.29) is 17.1 Å². The largest absolute Gasteiger partial charge is 0.377 e. The lowest BCUT2D eigenvalue weighted by Crippen LogP contribution is -2.34. The van der Waals surface area contributed by atoms with Crippen LogP contribution in [0, 0.1) is 0 Å². The van der Waals surface area contributed by atoms with Crippen molar-refractivity contribution in [3.05, 3.63) is 34.9 Å². The average molecular weight is 301 g/mol. The molecule has 1 aromatic carbocycles. The number of halogens is 1. The van der Waals surface area contributed by atoms with E-state index < -0.39 is 16.0 Å². The van der Waals surface area contributed by atoms with Crippen molar-refractivity contribution in [1.82, 2.24) is 0 Å². The van der Waals surface area contributed by atoms with Crippen LogP contribution in [0.15, 0.2) is 24.3 Å². The Morgan fingerprint density at radius 2 is 2.26 bits per heavy atom. The summed E-state index contributed by atoms with van der Waals surface area (Å²) in [4.78, 5) is 12.3. The second-order valence-corrected chi connectivity index (χ2v) is 7.15. The van der Waals surface area contributed by atoms with Gasteiger partial charge in [-0.2, -0.15) is 0 Å². The summed E-state index contributed by atoms with van der Waals surface area (Å²) in [7, 11) is -1.23. The van der Waals surface area contributed by atoms with Crippen LogP contribution < -0.4 is 0 Å². The van der Waals surface area contributed by atoms with Gasteiger partial charge in [-0.05, 0) is 32.4 Å². The lowest BCUT2D eigenvalue weighted by Gasteiger charge is -2.18. The highest BCUT2D eigenvalue weighted by Crippen LogP contribution is 2.23. The Morgan fingerprint density at radius 3 is 2.84 bits per heavy atom. The summed E-state index contributed by atoms with van der Waals surface area (Å²) in [5.74, 6) is -0.125. The number of rotatable bonds is 4. The molecule has 5 heteroatoms. The molecule has 1 fully saturated rings. The first kappa shape index (κ1) is 14.7. The molecule has 0 spiro atoms. The highest BCUT2D eigenvalue weighted by atomic mass is 35.5. The fourth-order valence-electron chi connectivity index (χ4n) is 2.26. The maximum Gasteiger partial charge on any atom is 0.178 e. The van der Waals surface area contributed by atoms with Gasteiger partial charge >= 0.3 is 0 Å². The zero-order chi connectivity index (χ0) is 14.0. The second kappa shape index (κ2) is 6.16. The lowest BCUT2D eigenvalue weighted by molar-refractivity contribution is 0.0992. The molecule has 0 amide bonds. The van der Waals surface area contributed by atoms with Gasteiger partial charge < -0.3 is 4.74 Å². The van der Waals surface area contributed by atoms with E-state index in [1.807, 2.05) is 6.92 Å². The van der Waals surface area contributed by atoms with E-state index in [9.17, 15) is 9.00 Å². The molecular formula is C14H17ClO3S. The van der Waals surface area contributed by atoms with Gasteiger partial charge in [-0.3, -0.25) is 9.00 Å². The number of hydrogen-bond acceptors (Lipinski definition) is 3. The fraction of sp³-hybridized carbons (Fsp3) is 0.500. The normalized spacial score (nSPS) is 26.1. The Hall–Kier alpha value is -0.710. The molecule has 1 aliphatic rings. The molecule has 19 heavy (non-hydrogen) atoms. The summed E-state index contributed by atoms with van der Waals surface area (Å²) >= 11 is 5.88. The summed E-state index contributed by atoms with van der Waals surface area (Å²) < 4.78 is 17.8. The summed E-state index contributed by atoms with van der Waals surface area (Å²) in [5.41, 5.74) is 0.514. The van der Waals surface area contributed by atoms with Gasteiger partial charge in [0, 0.05) is 28.0 Å². The van der Waals surface area contributed by atoms with Crippen molar-refractivity contribution in [2.24, 2.45) is 0 Å². The van der Waals surface area contributed by atoms with Gasteiger partial charge in [-0.25, -0.2) is 0 Å². The molecule has 0 saturated carbocycles. The van der Waals surface area contributed by atoms with Crippen LogP contribution in [0.5, 0.6) is 0 Å². The van der Waals surface area contributed by atoms with Gasteiger partial charge in [-0.1, -0.05) is 23.7 Å². The number of benzene rings is 1. The highest BCUT2D eigenvalue weighted by molar-refractivity contribution is 7.87. The zero-order valence-corrected chi connectivity index (χ0v) is 12.5. The zero-order valence-electron chi connectivity index (χ0n) is 11.0. The van der Waals surface area contributed by atoms with Crippen LogP contribution in [0.4, 0.5) is 0 Å². The van der Waals surface area contributed by atoms with Crippen molar-refractivity contribution in [2.45, 2.75) is 36.9 Å². The van der Waals surface area contributed by atoms with Gasteiger partial charge in [0.25, 0.3) is 0 Å². The van der Waals surface area contributed by atoms with E-state index in [4.69, 9.17) is 16.3 Å². The van der Waals surface area contributed by atoms with E-state index in [1.54, 1.807) is 31.2 Å². The Morgan fingerprint density at radius 1 is 1.53 bits per heavy atom. The highest BCUT2D eigenvalue weighted by Gasteiger charge is 2.35. The maximum absolute atomic E-state index is 12.4. The number of carbonyl (C=O) groups is 1. The Labute approximate surface area is 120 Å². The number of ketones is 1. The SMILES string of the molecule is CC1OCCC1S(=O)C(C)C(=O)c1cccc(Cl)c1. The molecule has 2 rings (SSSR count). The smallest absolute Gasteiger partial charge is 0.178 e. The lowest BCUT2D eigenvalue weighted by atomic mass is 10.1. The standard InChI is InChI=1S/C14H17ClO3S/c1-9-13(6-7-18-9)19(17)10(2)14(16)11-4-3-5-12(15)8-11/h3-5,8-10,13H,6-7H2,1-2H3. The van der Waals surface area contributed by atoms with Gasteiger partial charge in [0.05, 0.1) is 16.6 Å². The summed E-state index contributed by atoms with van der Waals surface area (Å²) in [5, 5.41) is -0.0767. The molecule has 0 N–H and O–H groups in total. The molecule has 0 radical (unpaired) electrons. The van der Waals surface area contributed by atoms with Crippen molar-refractivity contribution in [2.75, 3.05) is 6.61 Å². The Bertz CT molecular complexity index is 503. The maximum atomic E-state index is 12.4. The third-order valence-electron chi connectivity index (χ3n) is 3.43. The molecule has 0 aromatic heterocycles. The van der Waals surface area contributed by atoms with Crippen LogP contribution in [-0.4, -0.2) is 33.2 Å². The number of ether oxygens (including phenoxy) is 1. The molecule has 1 heterocycles. The number of Topliss-reactive ketones (excluding diaryl/α,β-unsaturated/α-hetero) is 1. The Kier molecular flexibility index (Phi) is 4.76. The first-order chi connectivity index (χ1) is 9.00. The topological polar surface area (TPSA) is 43.4 Å². The van der Waals surface area contributed by atoms with Crippen molar-refractivity contribution in [3.8, 4) is 0 Å². The van der Waals surface area contributed by atoms with Crippen molar-refractivity contribution in [3.63, 3.8) is 0 Å². The molecule has 4 atom stereocenters. The van der Waals surface area contributed by atoms with Crippen molar-refractivity contribution >= 4 is 28.2 Å². The fourth-order valence-corrected chi connectivity index (χ4v) is 4.11. The van der Waals surface area contributed by atoms with Crippen molar-refractivity contribution < 1.29 is 13.7 Å². The predicted molar refractivity (Wildman–Crippen MR) is 77.2 cm³/mol.